The normalized spacial score (nSPS) is 20.8. The molecule has 1 heterocycles. The highest BCUT2D eigenvalue weighted by molar-refractivity contribution is 5.93. The monoisotopic (exact) mass is 243 g/mol. The molecule has 0 bridgehead atoms. The summed E-state index contributed by atoms with van der Waals surface area (Å²) in [5.41, 5.74) is 10.1. The summed E-state index contributed by atoms with van der Waals surface area (Å²) in [6.07, 6.45) is 0.104. The summed E-state index contributed by atoms with van der Waals surface area (Å²) in [6, 6.07) is -1.29. The standard InChI is InChI=1S/C9H17N5O3/c10-8(16)6-5-12-2-4-14(6)3-1-7(15)13-9(11)17/h6,12H,1-5H2,(H2,10,16)(H3,11,13,15,17). The van der Waals surface area contributed by atoms with Crippen molar-refractivity contribution < 1.29 is 14.4 Å². The molecule has 4 amide bonds. The Labute approximate surface area is 98.7 Å². The fourth-order valence-electron chi connectivity index (χ4n) is 1.74. The zero-order valence-electron chi connectivity index (χ0n) is 9.44. The van der Waals surface area contributed by atoms with Gasteiger partial charge in [-0.3, -0.25) is 19.8 Å². The van der Waals surface area contributed by atoms with Crippen LogP contribution < -0.4 is 22.1 Å². The second kappa shape index (κ2) is 6.16. The van der Waals surface area contributed by atoms with Crippen LogP contribution in [-0.2, 0) is 9.59 Å². The first kappa shape index (κ1) is 13.4. The number of hydrogen-bond acceptors (Lipinski definition) is 5. The van der Waals surface area contributed by atoms with Gasteiger partial charge < -0.3 is 16.8 Å². The molecule has 0 aromatic carbocycles. The van der Waals surface area contributed by atoms with Gasteiger partial charge >= 0.3 is 6.03 Å². The van der Waals surface area contributed by atoms with Crippen LogP contribution in [0.1, 0.15) is 6.42 Å². The van der Waals surface area contributed by atoms with E-state index in [0.29, 0.717) is 19.6 Å². The lowest BCUT2D eigenvalue weighted by molar-refractivity contribution is -0.125. The van der Waals surface area contributed by atoms with Crippen molar-refractivity contribution >= 4 is 17.8 Å². The van der Waals surface area contributed by atoms with E-state index in [9.17, 15) is 14.4 Å². The summed E-state index contributed by atoms with van der Waals surface area (Å²) in [6.45, 7) is 2.22. The third-order valence-electron chi connectivity index (χ3n) is 2.57. The molecule has 1 unspecified atom stereocenters. The number of nitrogens with two attached hydrogens (primary N) is 2. The van der Waals surface area contributed by atoms with Crippen molar-refractivity contribution in [2.24, 2.45) is 11.5 Å². The number of hydrogen-bond donors (Lipinski definition) is 4. The predicted octanol–water partition coefficient (Wildman–Crippen LogP) is -2.67. The number of nitrogens with one attached hydrogen (secondary N) is 2. The van der Waals surface area contributed by atoms with Gasteiger partial charge in [-0.2, -0.15) is 0 Å². The SMILES string of the molecule is NC(=O)NC(=O)CCN1CCNCC1C(N)=O. The highest BCUT2D eigenvalue weighted by atomic mass is 16.2. The highest BCUT2D eigenvalue weighted by Crippen LogP contribution is 2.03. The van der Waals surface area contributed by atoms with Crippen molar-refractivity contribution in [2.75, 3.05) is 26.2 Å². The Morgan fingerprint density at radius 2 is 2.06 bits per heavy atom. The maximum Gasteiger partial charge on any atom is 0.318 e. The zero-order valence-corrected chi connectivity index (χ0v) is 9.44. The van der Waals surface area contributed by atoms with Crippen LogP contribution in [0.25, 0.3) is 0 Å². The molecular formula is C9H17N5O3. The fourth-order valence-corrected chi connectivity index (χ4v) is 1.74. The fraction of sp³-hybridized carbons (Fsp3) is 0.667. The van der Waals surface area contributed by atoms with Gasteiger partial charge in [0.05, 0.1) is 0 Å². The van der Waals surface area contributed by atoms with Crippen molar-refractivity contribution in [1.82, 2.24) is 15.5 Å². The molecule has 0 aromatic heterocycles. The van der Waals surface area contributed by atoms with Crippen LogP contribution in [-0.4, -0.2) is 55.0 Å². The molecule has 1 saturated heterocycles. The second-order valence-corrected chi connectivity index (χ2v) is 3.82. The Balaban J connectivity index is 2.40. The molecule has 0 aromatic rings. The van der Waals surface area contributed by atoms with Crippen molar-refractivity contribution in [3.8, 4) is 0 Å². The highest BCUT2D eigenvalue weighted by Gasteiger charge is 2.26. The number of nitrogens with zero attached hydrogens (tertiary/aromatic N) is 1. The zero-order chi connectivity index (χ0) is 12.8. The van der Waals surface area contributed by atoms with E-state index in [-0.39, 0.29) is 6.42 Å². The van der Waals surface area contributed by atoms with E-state index in [4.69, 9.17) is 11.5 Å². The second-order valence-electron chi connectivity index (χ2n) is 3.82. The molecule has 1 rings (SSSR count). The molecule has 1 atom stereocenters. The largest absolute Gasteiger partial charge is 0.368 e. The number of urea groups is 1. The van der Waals surface area contributed by atoms with Gasteiger partial charge in [-0.05, 0) is 0 Å². The molecule has 8 nitrogen and oxygen atoms in total. The number of primary amides is 2. The Morgan fingerprint density at radius 3 is 2.65 bits per heavy atom. The third kappa shape index (κ3) is 4.37. The van der Waals surface area contributed by atoms with Crippen LogP contribution in [0.3, 0.4) is 0 Å². The average molecular weight is 243 g/mol. The first-order valence-corrected chi connectivity index (χ1v) is 5.34. The Hall–Kier alpha value is -1.67. The molecule has 1 aliphatic rings. The Morgan fingerprint density at radius 1 is 1.35 bits per heavy atom. The van der Waals surface area contributed by atoms with E-state index in [1.165, 1.54) is 0 Å². The molecule has 6 N–H and O–H groups in total. The molecule has 0 radical (unpaired) electrons. The van der Waals surface area contributed by atoms with E-state index in [2.05, 4.69) is 5.32 Å². The van der Waals surface area contributed by atoms with E-state index in [1.54, 1.807) is 0 Å². The topological polar surface area (TPSA) is 131 Å². The predicted molar refractivity (Wildman–Crippen MR) is 59.8 cm³/mol. The van der Waals surface area contributed by atoms with Crippen LogP contribution >= 0.6 is 0 Å². The van der Waals surface area contributed by atoms with Gasteiger partial charge in [-0.25, -0.2) is 4.79 Å². The lowest BCUT2D eigenvalue weighted by Crippen LogP contribution is -2.57. The van der Waals surface area contributed by atoms with Crippen molar-refractivity contribution in [1.29, 1.82) is 0 Å². The van der Waals surface area contributed by atoms with Crippen LogP contribution in [0.2, 0.25) is 0 Å². The van der Waals surface area contributed by atoms with E-state index in [0.717, 1.165) is 6.54 Å². The lowest BCUT2D eigenvalue weighted by Gasteiger charge is -2.33. The van der Waals surface area contributed by atoms with Gasteiger partial charge in [0.15, 0.2) is 0 Å². The number of imide groups is 1. The maximum atomic E-state index is 11.2. The van der Waals surface area contributed by atoms with E-state index >= 15 is 0 Å². The number of carbonyl (C=O) groups is 3. The van der Waals surface area contributed by atoms with Crippen LogP contribution in [0, 0.1) is 0 Å². The van der Waals surface area contributed by atoms with Gasteiger partial charge in [-0.1, -0.05) is 0 Å². The minimum absolute atomic E-state index is 0.104. The molecular weight excluding hydrogens is 226 g/mol. The van der Waals surface area contributed by atoms with Gasteiger partial charge in [0.1, 0.15) is 6.04 Å². The van der Waals surface area contributed by atoms with Crippen LogP contribution in [0.5, 0.6) is 0 Å². The molecule has 1 aliphatic heterocycles. The first-order chi connectivity index (χ1) is 8.00. The lowest BCUT2D eigenvalue weighted by atomic mass is 10.1. The molecule has 0 aliphatic carbocycles. The minimum atomic E-state index is -0.873. The third-order valence-corrected chi connectivity index (χ3v) is 2.57. The maximum absolute atomic E-state index is 11.2. The first-order valence-electron chi connectivity index (χ1n) is 5.34. The molecule has 1 fully saturated rings. The quantitative estimate of drug-likeness (QED) is 0.428. The van der Waals surface area contributed by atoms with Crippen LogP contribution in [0.15, 0.2) is 0 Å². The van der Waals surface area contributed by atoms with Crippen molar-refractivity contribution in [3.63, 3.8) is 0 Å². The molecule has 96 valence electrons. The minimum Gasteiger partial charge on any atom is -0.368 e. The number of carbonyl (C=O) groups excluding carboxylic acids is 3. The average Bonchev–Trinajstić information content (AvgIpc) is 2.25. The summed E-state index contributed by atoms with van der Waals surface area (Å²) in [5.74, 6) is -0.883. The van der Waals surface area contributed by atoms with E-state index in [1.807, 2.05) is 10.2 Å². The smallest absolute Gasteiger partial charge is 0.318 e. The van der Waals surface area contributed by atoms with Crippen LogP contribution in [0.4, 0.5) is 4.79 Å². The van der Waals surface area contributed by atoms with E-state index < -0.39 is 23.9 Å². The van der Waals surface area contributed by atoms with Gasteiger partial charge in [0, 0.05) is 32.6 Å². The molecule has 0 spiro atoms. The Kier molecular flexibility index (Phi) is 4.85. The summed E-state index contributed by atoms with van der Waals surface area (Å²) in [4.78, 5) is 34.6. The van der Waals surface area contributed by atoms with Gasteiger partial charge in [0.2, 0.25) is 11.8 Å². The summed E-state index contributed by atoms with van der Waals surface area (Å²) >= 11 is 0. The molecule has 0 saturated carbocycles. The number of rotatable bonds is 4. The molecule has 8 heteroatoms. The summed E-state index contributed by atoms with van der Waals surface area (Å²) < 4.78 is 0. The van der Waals surface area contributed by atoms with Gasteiger partial charge in [0.25, 0.3) is 0 Å². The Bertz CT molecular complexity index is 320. The summed E-state index contributed by atoms with van der Waals surface area (Å²) in [7, 11) is 0. The number of piperazine rings is 1. The summed E-state index contributed by atoms with van der Waals surface area (Å²) in [5, 5.41) is 5.02. The van der Waals surface area contributed by atoms with Gasteiger partial charge in [-0.15, -0.1) is 0 Å². The van der Waals surface area contributed by atoms with Crippen molar-refractivity contribution in [2.45, 2.75) is 12.5 Å². The number of amides is 4. The van der Waals surface area contributed by atoms with Crippen molar-refractivity contribution in [3.05, 3.63) is 0 Å². The molecule has 17 heavy (non-hydrogen) atoms.